The first kappa shape index (κ1) is 19.3. The zero-order chi connectivity index (χ0) is 21.3. The number of H-pyrrole nitrogens is 2. The quantitative estimate of drug-likeness (QED) is 0.459. The molecule has 0 radical (unpaired) electrons. The number of aromatic carboxylic acids is 1. The van der Waals surface area contributed by atoms with Gasteiger partial charge in [0.25, 0.3) is 0 Å². The van der Waals surface area contributed by atoms with Gasteiger partial charge in [-0.3, -0.25) is 0 Å². The Morgan fingerprint density at radius 3 is 2.30 bits per heavy atom. The number of imidazole rings is 1. The Morgan fingerprint density at radius 1 is 1.03 bits per heavy atom. The highest BCUT2D eigenvalue weighted by Crippen LogP contribution is 2.32. The number of carbonyl (C=O) groups is 1. The van der Waals surface area contributed by atoms with Gasteiger partial charge in [-0.25, -0.2) is 9.78 Å². The van der Waals surface area contributed by atoms with Crippen LogP contribution in [0.5, 0.6) is 0 Å². The number of hydrogen-bond acceptors (Lipinski definition) is 5. The van der Waals surface area contributed by atoms with E-state index in [4.69, 9.17) is 5.11 Å². The maximum absolute atomic E-state index is 13.0. The highest BCUT2D eigenvalue weighted by atomic mass is 19.4. The van der Waals surface area contributed by atoms with Gasteiger partial charge < -0.3 is 10.1 Å². The Hall–Kier alpha value is -4.02. The number of rotatable bonds is 5. The normalized spacial score (nSPS) is 11.6. The van der Waals surface area contributed by atoms with Crippen LogP contribution in [-0.2, 0) is 12.6 Å². The molecule has 0 bridgehead atoms. The molecule has 2 aromatic carbocycles. The van der Waals surface area contributed by atoms with E-state index in [1.54, 1.807) is 24.3 Å². The third kappa shape index (κ3) is 3.77. The zero-order valence-electron chi connectivity index (χ0n) is 15.1. The molecule has 0 amide bonds. The molecule has 0 atom stereocenters. The summed E-state index contributed by atoms with van der Waals surface area (Å²) in [5.74, 6) is -1.39. The standard InChI is InChI=1S/C19H13F3N6O2/c20-19(21,22)16-15(18(29)30)23-14(24-16)9-10-5-7-11(8-6-10)12-3-1-2-4-13(12)17-25-27-28-26-17/h1-8H,9H2,(H,23,24)(H,29,30)(H,25,26,27,28). The van der Waals surface area contributed by atoms with Crippen LogP contribution in [0.2, 0.25) is 0 Å². The van der Waals surface area contributed by atoms with Crippen molar-refractivity contribution in [1.29, 1.82) is 0 Å². The molecule has 30 heavy (non-hydrogen) atoms. The molecule has 2 heterocycles. The van der Waals surface area contributed by atoms with Crippen molar-refractivity contribution in [2.24, 2.45) is 0 Å². The van der Waals surface area contributed by atoms with Crippen LogP contribution >= 0.6 is 0 Å². The largest absolute Gasteiger partial charge is 0.476 e. The number of carboxylic acids is 1. The predicted molar refractivity (Wildman–Crippen MR) is 98.4 cm³/mol. The monoisotopic (exact) mass is 414 g/mol. The molecule has 0 fully saturated rings. The van der Waals surface area contributed by atoms with Gasteiger partial charge in [0, 0.05) is 12.0 Å². The molecule has 152 valence electrons. The zero-order valence-corrected chi connectivity index (χ0v) is 15.1. The second-order valence-electron chi connectivity index (χ2n) is 6.36. The highest BCUT2D eigenvalue weighted by Gasteiger charge is 2.39. The Morgan fingerprint density at radius 2 is 1.73 bits per heavy atom. The maximum atomic E-state index is 13.0. The number of carboxylic acid groups (broad SMARTS) is 1. The molecule has 2 aromatic heterocycles. The van der Waals surface area contributed by atoms with Gasteiger partial charge in [-0.1, -0.05) is 48.5 Å². The van der Waals surface area contributed by atoms with E-state index in [0.717, 1.165) is 16.7 Å². The molecule has 8 nitrogen and oxygen atoms in total. The summed E-state index contributed by atoms with van der Waals surface area (Å²) in [4.78, 5) is 16.7. The van der Waals surface area contributed by atoms with Gasteiger partial charge in [-0.15, -0.1) is 10.2 Å². The molecular formula is C19H13F3N6O2. The van der Waals surface area contributed by atoms with E-state index < -0.39 is 23.5 Å². The Bertz CT molecular complexity index is 1180. The first-order valence-corrected chi connectivity index (χ1v) is 8.64. The average molecular weight is 414 g/mol. The van der Waals surface area contributed by atoms with Crippen LogP contribution < -0.4 is 0 Å². The summed E-state index contributed by atoms with van der Waals surface area (Å²) in [6.07, 6.45) is -4.81. The lowest BCUT2D eigenvalue weighted by atomic mass is 9.98. The summed E-state index contributed by atoms with van der Waals surface area (Å²) >= 11 is 0. The van der Waals surface area contributed by atoms with E-state index >= 15 is 0 Å². The average Bonchev–Trinajstić information content (AvgIpc) is 3.38. The Balaban J connectivity index is 1.61. The fourth-order valence-electron chi connectivity index (χ4n) is 3.07. The van der Waals surface area contributed by atoms with Crippen molar-refractivity contribution in [3.8, 4) is 22.5 Å². The number of hydrogen-bond donors (Lipinski definition) is 3. The fourth-order valence-corrected chi connectivity index (χ4v) is 3.07. The first-order chi connectivity index (χ1) is 14.3. The lowest BCUT2D eigenvalue weighted by molar-refractivity contribution is -0.141. The fraction of sp³-hybridized carbons (Fsp3) is 0.105. The number of nitrogens with zero attached hydrogens (tertiary/aromatic N) is 4. The molecule has 4 aromatic rings. The summed E-state index contributed by atoms with van der Waals surface area (Å²) in [7, 11) is 0. The van der Waals surface area contributed by atoms with Crippen LogP contribution in [0.4, 0.5) is 13.2 Å². The van der Waals surface area contributed by atoms with Crippen molar-refractivity contribution < 1.29 is 23.1 Å². The summed E-state index contributed by atoms with van der Waals surface area (Å²) in [5.41, 5.74) is 0.733. The van der Waals surface area contributed by atoms with Crippen LogP contribution in [0, 0.1) is 0 Å². The second-order valence-corrected chi connectivity index (χ2v) is 6.36. The van der Waals surface area contributed by atoms with Gasteiger partial charge in [0.15, 0.2) is 11.4 Å². The number of aromatic amines is 2. The molecule has 3 N–H and O–H groups in total. The first-order valence-electron chi connectivity index (χ1n) is 8.64. The molecule has 0 aliphatic heterocycles. The van der Waals surface area contributed by atoms with E-state index in [1.165, 1.54) is 0 Å². The number of nitrogens with one attached hydrogen (secondary N) is 2. The van der Waals surface area contributed by atoms with Crippen molar-refractivity contribution in [2.45, 2.75) is 12.6 Å². The van der Waals surface area contributed by atoms with Crippen LogP contribution in [0.25, 0.3) is 22.5 Å². The van der Waals surface area contributed by atoms with Crippen molar-refractivity contribution in [1.82, 2.24) is 30.6 Å². The van der Waals surface area contributed by atoms with Gasteiger partial charge in [-0.05, 0) is 21.9 Å². The van der Waals surface area contributed by atoms with E-state index in [-0.39, 0.29) is 12.2 Å². The number of halogens is 3. The third-order valence-corrected chi connectivity index (χ3v) is 4.39. The summed E-state index contributed by atoms with van der Waals surface area (Å²) in [5, 5.41) is 22.9. The van der Waals surface area contributed by atoms with E-state index in [0.29, 0.717) is 11.4 Å². The Kier molecular flexibility index (Phi) is 4.78. The minimum atomic E-state index is -4.83. The molecule has 0 saturated heterocycles. The lowest BCUT2D eigenvalue weighted by Crippen LogP contribution is -2.12. The number of benzene rings is 2. The molecule has 4 rings (SSSR count). The van der Waals surface area contributed by atoms with Crippen molar-refractivity contribution >= 4 is 5.97 Å². The van der Waals surface area contributed by atoms with Gasteiger partial charge in [0.05, 0.1) is 0 Å². The Labute approximate surface area is 166 Å². The SMILES string of the molecule is O=C(O)c1nc(Cc2ccc(-c3ccccc3-c3nn[nH]n3)cc2)[nH]c1C(F)(F)F. The molecule has 0 saturated carbocycles. The van der Waals surface area contributed by atoms with E-state index in [2.05, 4.69) is 30.6 Å². The smallest absolute Gasteiger partial charge is 0.433 e. The van der Waals surface area contributed by atoms with Crippen molar-refractivity contribution in [2.75, 3.05) is 0 Å². The van der Waals surface area contributed by atoms with Crippen molar-refractivity contribution in [3.05, 3.63) is 71.3 Å². The van der Waals surface area contributed by atoms with Crippen LogP contribution in [0.3, 0.4) is 0 Å². The van der Waals surface area contributed by atoms with E-state index in [9.17, 15) is 18.0 Å². The van der Waals surface area contributed by atoms with Gasteiger partial charge in [0.1, 0.15) is 5.82 Å². The molecule has 11 heteroatoms. The van der Waals surface area contributed by atoms with Gasteiger partial charge in [0.2, 0.25) is 5.82 Å². The molecular weight excluding hydrogens is 401 g/mol. The maximum Gasteiger partial charge on any atom is 0.433 e. The highest BCUT2D eigenvalue weighted by molar-refractivity contribution is 5.87. The number of tetrazole rings is 1. The molecule has 0 aliphatic rings. The summed E-state index contributed by atoms with van der Waals surface area (Å²) in [6.45, 7) is 0. The predicted octanol–water partition coefficient (Wildman–Crippen LogP) is 3.56. The molecule has 0 aliphatic carbocycles. The summed E-state index contributed by atoms with van der Waals surface area (Å²) in [6, 6.07) is 14.5. The van der Waals surface area contributed by atoms with Crippen LogP contribution in [0.1, 0.15) is 27.6 Å². The summed E-state index contributed by atoms with van der Waals surface area (Å²) < 4.78 is 39.0. The minimum absolute atomic E-state index is 0.0170. The van der Waals surface area contributed by atoms with E-state index in [1.807, 2.05) is 24.3 Å². The topological polar surface area (TPSA) is 120 Å². The third-order valence-electron chi connectivity index (χ3n) is 4.39. The molecule has 0 spiro atoms. The second kappa shape index (κ2) is 7.43. The van der Waals surface area contributed by atoms with Crippen LogP contribution in [0.15, 0.2) is 48.5 Å². The lowest BCUT2D eigenvalue weighted by Gasteiger charge is -2.08. The minimum Gasteiger partial charge on any atom is -0.476 e. The van der Waals surface area contributed by atoms with Crippen LogP contribution in [-0.4, -0.2) is 41.7 Å². The van der Waals surface area contributed by atoms with Crippen molar-refractivity contribution in [3.63, 3.8) is 0 Å². The van der Waals surface area contributed by atoms with Gasteiger partial charge in [-0.2, -0.15) is 18.4 Å². The van der Waals surface area contributed by atoms with Gasteiger partial charge >= 0.3 is 12.1 Å². The number of alkyl halides is 3. The molecule has 0 unspecified atom stereocenters. The number of aromatic nitrogens is 6.